The summed E-state index contributed by atoms with van der Waals surface area (Å²) in [5.74, 6) is 0.326. The van der Waals surface area contributed by atoms with Gasteiger partial charge in [-0.25, -0.2) is 9.78 Å². The molecular formula is C22H27N5O6S. The number of piperidine rings is 1. The summed E-state index contributed by atoms with van der Waals surface area (Å²) >= 11 is 0. The van der Waals surface area contributed by atoms with E-state index in [9.17, 15) is 18.3 Å². The number of benzene rings is 2. The van der Waals surface area contributed by atoms with Crippen molar-refractivity contribution in [2.75, 3.05) is 43.6 Å². The number of imidazole rings is 1. The van der Waals surface area contributed by atoms with Crippen LogP contribution in [0.25, 0.3) is 11.0 Å². The Morgan fingerprint density at radius 3 is 2.65 bits per heavy atom. The minimum Gasteiger partial charge on any atom is -0.393 e. The Balaban J connectivity index is 1.42. The van der Waals surface area contributed by atoms with E-state index < -0.39 is 16.1 Å². The monoisotopic (exact) mass is 489 g/mol. The second kappa shape index (κ2) is 10.3. The maximum absolute atomic E-state index is 12.8. The van der Waals surface area contributed by atoms with Gasteiger partial charge in [0.25, 0.3) is 0 Å². The summed E-state index contributed by atoms with van der Waals surface area (Å²) in [5.41, 5.74) is 1.94. The zero-order chi connectivity index (χ0) is 24.1. The van der Waals surface area contributed by atoms with E-state index in [1.54, 1.807) is 18.2 Å². The van der Waals surface area contributed by atoms with Crippen LogP contribution in [0.2, 0.25) is 0 Å². The third kappa shape index (κ3) is 5.76. The first kappa shape index (κ1) is 23.8. The normalized spacial score (nSPS) is 14.8. The summed E-state index contributed by atoms with van der Waals surface area (Å²) in [6.45, 7) is 2.17. The van der Waals surface area contributed by atoms with E-state index in [4.69, 9.17) is 8.92 Å². The van der Waals surface area contributed by atoms with E-state index in [1.165, 1.54) is 31.4 Å². The number of hydrogen-bond acceptors (Lipinski definition) is 8. The van der Waals surface area contributed by atoms with E-state index in [2.05, 4.69) is 25.5 Å². The highest BCUT2D eigenvalue weighted by Gasteiger charge is 2.20. The molecule has 11 nitrogen and oxygen atoms in total. The molecule has 0 saturated carbocycles. The molecule has 2 aromatic carbocycles. The molecule has 12 heteroatoms. The Hall–Kier alpha value is -3.35. The minimum atomic E-state index is -4.05. The van der Waals surface area contributed by atoms with Gasteiger partial charge in [0.05, 0.1) is 23.7 Å². The van der Waals surface area contributed by atoms with E-state index in [-0.39, 0.29) is 22.7 Å². The fraction of sp³-hybridized carbons (Fsp3) is 0.364. The van der Waals surface area contributed by atoms with Crippen LogP contribution < -0.4 is 19.7 Å². The van der Waals surface area contributed by atoms with E-state index >= 15 is 0 Å². The number of aromatic nitrogens is 2. The summed E-state index contributed by atoms with van der Waals surface area (Å²) in [6.07, 6.45) is 1.10. The van der Waals surface area contributed by atoms with Gasteiger partial charge in [0.1, 0.15) is 10.6 Å². The number of rotatable bonds is 8. The lowest BCUT2D eigenvalue weighted by atomic mass is 10.1. The number of amides is 2. The fourth-order valence-corrected chi connectivity index (χ4v) is 4.56. The van der Waals surface area contributed by atoms with Crippen molar-refractivity contribution in [2.45, 2.75) is 23.8 Å². The molecule has 0 spiro atoms. The molecule has 182 valence electrons. The highest BCUT2D eigenvalue weighted by molar-refractivity contribution is 7.87. The molecule has 4 N–H and O–H groups in total. The quantitative estimate of drug-likeness (QED) is 0.278. The number of ether oxygens (including phenoxy) is 1. The summed E-state index contributed by atoms with van der Waals surface area (Å²) in [4.78, 5) is 21.2. The van der Waals surface area contributed by atoms with Crippen molar-refractivity contribution >= 4 is 38.8 Å². The number of carbonyl (C=O) groups is 1. The van der Waals surface area contributed by atoms with Crippen molar-refractivity contribution in [3.05, 3.63) is 42.5 Å². The number of H-pyrrole nitrogens is 1. The lowest BCUT2D eigenvalue weighted by Gasteiger charge is -2.31. The summed E-state index contributed by atoms with van der Waals surface area (Å²) < 4.78 is 35.7. The van der Waals surface area contributed by atoms with E-state index in [0.29, 0.717) is 37.0 Å². The number of hydrogen-bond donors (Lipinski definition) is 4. The molecule has 2 heterocycles. The average molecular weight is 490 g/mol. The molecule has 0 atom stereocenters. The number of methoxy groups -OCH3 is 1. The maximum atomic E-state index is 12.8. The van der Waals surface area contributed by atoms with Gasteiger partial charge in [-0.05, 0) is 49.2 Å². The van der Waals surface area contributed by atoms with Crippen LogP contribution in [0.5, 0.6) is 5.75 Å². The van der Waals surface area contributed by atoms with Gasteiger partial charge < -0.3 is 29.2 Å². The van der Waals surface area contributed by atoms with Gasteiger partial charge in [-0.15, -0.1) is 0 Å². The van der Waals surface area contributed by atoms with Crippen LogP contribution in [0.3, 0.4) is 0 Å². The average Bonchev–Trinajstić information content (AvgIpc) is 3.21. The number of anilines is 2. The molecule has 1 aliphatic heterocycles. The zero-order valence-corrected chi connectivity index (χ0v) is 19.5. The van der Waals surface area contributed by atoms with E-state index in [1.807, 2.05) is 0 Å². The Morgan fingerprint density at radius 1 is 1.21 bits per heavy atom. The first-order valence-corrected chi connectivity index (χ1v) is 12.3. The van der Waals surface area contributed by atoms with Gasteiger partial charge >= 0.3 is 16.1 Å². The number of aliphatic hydroxyl groups excluding tert-OH is 1. The molecule has 1 fully saturated rings. The van der Waals surface area contributed by atoms with Crippen LogP contribution in [0.1, 0.15) is 12.8 Å². The molecule has 1 saturated heterocycles. The van der Waals surface area contributed by atoms with Gasteiger partial charge in [-0.1, -0.05) is 0 Å². The topological polar surface area (TPSA) is 146 Å². The first-order chi connectivity index (χ1) is 16.3. The van der Waals surface area contributed by atoms with Crippen LogP contribution in [0.4, 0.5) is 16.4 Å². The van der Waals surface area contributed by atoms with Crippen LogP contribution in [-0.4, -0.2) is 69.0 Å². The molecule has 34 heavy (non-hydrogen) atoms. The van der Waals surface area contributed by atoms with Gasteiger partial charge in [0, 0.05) is 38.5 Å². The van der Waals surface area contributed by atoms with Gasteiger partial charge in [-0.2, -0.15) is 8.42 Å². The SMILES string of the molecule is COCCNC(=O)Nc1nc2ccc(OS(=O)(=O)c3ccc(N4CCC(O)CC4)cc3)cc2[nH]1. The number of nitrogens with zero attached hydrogens (tertiary/aromatic N) is 2. The summed E-state index contributed by atoms with van der Waals surface area (Å²) in [7, 11) is -2.51. The summed E-state index contributed by atoms with van der Waals surface area (Å²) in [6, 6.07) is 10.6. The van der Waals surface area contributed by atoms with Crippen LogP contribution in [0.15, 0.2) is 47.4 Å². The second-order valence-electron chi connectivity index (χ2n) is 7.89. The second-order valence-corrected chi connectivity index (χ2v) is 9.43. The smallest absolute Gasteiger partial charge is 0.339 e. The molecule has 0 bridgehead atoms. The number of carbonyl (C=O) groups excluding carboxylic acids is 1. The van der Waals surface area contributed by atoms with Gasteiger partial charge in [0.2, 0.25) is 5.95 Å². The first-order valence-electron chi connectivity index (χ1n) is 10.9. The Morgan fingerprint density at radius 2 is 1.94 bits per heavy atom. The highest BCUT2D eigenvalue weighted by atomic mass is 32.2. The molecular weight excluding hydrogens is 462 g/mol. The molecule has 1 aliphatic rings. The number of aliphatic hydroxyl groups is 1. The molecule has 0 aliphatic carbocycles. The number of nitrogens with one attached hydrogen (secondary N) is 3. The van der Waals surface area contributed by atoms with Gasteiger partial charge in [-0.3, -0.25) is 5.32 Å². The van der Waals surface area contributed by atoms with Crippen molar-refractivity contribution in [3.8, 4) is 5.75 Å². The maximum Gasteiger partial charge on any atom is 0.339 e. The number of urea groups is 1. The Bertz CT molecular complexity index is 1240. The largest absolute Gasteiger partial charge is 0.393 e. The van der Waals surface area contributed by atoms with Crippen LogP contribution >= 0.6 is 0 Å². The zero-order valence-electron chi connectivity index (χ0n) is 18.7. The molecule has 0 radical (unpaired) electrons. The molecule has 1 aromatic heterocycles. The predicted molar refractivity (Wildman–Crippen MR) is 127 cm³/mol. The number of aromatic amines is 1. The van der Waals surface area contributed by atoms with Crippen LogP contribution in [0, 0.1) is 0 Å². The fourth-order valence-electron chi connectivity index (χ4n) is 3.64. The minimum absolute atomic E-state index is 0.0353. The van der Waals surface area contributed by atoms with Crippen LogP contribution in [-0.2, 0) is 14.9 Å². The Labute approximate surface area is 197 Å². The lowest BCUT2D eigenvalue weighted by molar-refractivity contribution is 0.145. The van der Waals surface area contributed by atoms with Crippen molar-refractivity contribution in [1.29, 1.82) is 0 Å². The third-order valence-electron chi connectivity index (χ3n) is 5.44. The van der Waals surface area contributed by atoms with Crippen molar-refractivity contribution in [2.24, 2.45) is 0 Å². The lowest BCUT2D eigenvalue weighted by Crippen LogP contribution is -2.35. The van der Waals surface area contributed by atoms with E-state index in [0.717, 1.165) is 18.8 Å². The summed E-state index contributed by atoms with van der Waals surface area (Å²) in [5, 5.41) is 14.8. The van der Waals surface area contributed by atoms with Crippen molar-refractivity contribution in [3.63, 3.8) is 0 Å². The highest BCUT2D eigenvalue weighted by Crippen LogP contribution is 2.26. The van der Waals surface area contributed by atoms with Crippen molar-refractivity contribution < 1.29 is 27.2 Å². The molecule has 0 unspecified atom stereocenters. The molecule has 2 amide bonds. The number of fused-ring (bicyclic) bond motifs is 1. The van der Waals surface area contributed by atoms with Crippen molar-refractivity contribution in [1.82, 2.24) is 15.3 Å². The molecule has 4 rings (SSSR count). The Kier molecular flexibility index (Phi) is 7.20. The standard InChI is InChI=1S/C22H27N5O6S/c1-32-13-10-23-22(29)26-21-24-19-7-4-17(14-20(19)25-21)33-34(30,31)18-5-2-15(3-6-18)27-11-8-16(28)9-12-27/h2-7,14,16,28H,8-13H2,1H3,(H3,23,24,25,26,29). The predicted octanol–water partition coefficient (Wildman–Crippen LogP) is 2.06. The van der Waals surface area contributed by atoms with Gasteiger partial charge in [0.15, 0.2) is 0 Å². The third-order valence-corrected chi connectivity index (χ3v) is 6.70. The molecule has 3 aromatic rings.